The van der Waals surface area contributed by atoms with Crippen LogP contribution >= 0.6 is 0 Å². The quantitative estimate of drug-likeness (QED) is 0.533. The van der Waals surface area contributed by atoms with E-state index in [9.17, 15) is 18.8 Å². The zero-order valence-corrected chi connectivity index (χ0v) is 20.7. The Balaban J connectivity index is 1.13. The molecule has 2 saturated carbocycles. The van der Waals surface area contributed by atoms with Gasteiger partial charge < -0.3 is 25.0 Å². The fourth-order valence-electron chi connectivity index (χ4n) is 5.33. The first-order valence-corrected chi connectivity index (χ1v) is 12.5. The molecule has 2 N–H and O–H groups in total. The predicted molar refractivity (Wildman–Crippen MR) is 127 cm³/mol. The number of rotatable bonds is 9. The Morgan fingerprint density at radius 2 is 1.86 bits per heavy atom. The number of nitrogens with zero attached hydrogens (tertiary/aromatic N) is 2. The Kier molecular flexibility index (Phi) is 7.24. The molecule has 0 bridgehead atoms. The van der Waals surface area contributed by atoms with Crippen molar-refractivity contribution >= 4 is 17.9 Å². The number of carbonyl (C=O) groups excluding carboxylic acids is 3. The van der Waals surface area contributed by atoms with Gasteiger partial charge in [-0.05, 0) is 81.8 Å². The molecular weight excluding hydrogens is 453 g/mol. The van der Waals surface area contributed by atoms with Crippen LogP contribution in [0.4, 0.5) is 9.18 Å². The number of amides is 3. The summed E-state index contributed by atoms with van der Waals surface area (Å²) in [6, 6.07) is 4.13. The standard InChI is InChI=1S/C26H36FN3O5/c1-25(7-8-25)35-24(33)30-11-9-26(10-12-30)15-18(16-26)4-3-13-34-19-5-6-20(21(27)14-19)23(32)29(2)17-22(28)31/h5-6,14,18H,3-4,7-13,15-17H2,1-2H3,(H2,28,31). The summed E-state index contributed by atoms with van der Waals surface area (Å²) in [5, 5.41) is 0. The molecule has 1 heterocycles. The summed E-state index contributed by atoms with van der Waals surface area (Å²) >= 11 is 0. The van der Waals surface area contributed by atoms with Gasteiger partial charge in [0, 0.05) is 26.2 Å². The maximum Gasteiger partial charge on any atom is 0.410 e. The monoisotopic (exact) mass is 489 g/mol. The number of carbonyl (C=O) groups is 3. The number of halogens is 1. The first kappa shape index (κ1) is 25.3. The van der Waals surface area contributed by atoms with Crippen molar-refractivity contribution in [2.24, 2.45) is 17.1 Å². The smallest absolute Gasteiger partial charge is 0.410 e. The van der Waals surface area contributed by atoms with Crippen LogP contribution in [-0.2, 0) is 9.53 Å². The van der Waals surface area contributed by atoms with Crippen LogP contribution in [-0.4, -0.2) is 66.6 Å². The lowest BCUT2D eigenvalue weighted by Gasteiger charge is -2.52. The minimum Gasteiger partial charge on any atom is -0.493 e. The van der Waals surface area contributed by atoms with E-state index in [1.54, 1.807) is 6.07 Å². The number of piperidine rings is 1. The van der Waals surface area contributed by atoms with E-state index in [-0.39, 0.29) is 23.8 Å². The molecule has 0 radical (unpaired) electrons. The number of hydrogen-bond acceptors (Lipinski definition) is 5. The summed E-state index contributed by atoms with van der Waals surface area (Å²) in [5.41, 5.74) is 5.12. The van der Waals surface area contributed by atoms with Gasteiger partial charge in [0.05, 0.1) is 18.7 Å². The predicted octanol–water partition coefficient (Wildman–Crippen LogP) is 3.72. The number of primary amides is 1. The third-order valence-electron chi connectivity index (χ3n) is 7.75. The molecule has 9 heteroatoms. The van der Waals surface area contributed by atoms with Crippen LogP contribution in [0.2, 0.25) is 0 Å². The molecule has 1 aromatic carbocycles. The highest BCUT2D eigenvalue weighted by molar-refractivity contribution is 5.96. The number of likely N-dealkylation sites (tertiary alicyclic amines) is 1. The summed E-state index contributed by atoms with van der Waals surface area (Å²) in [7, 11) is 1.40. The van der Waals surface area contributed by atoms with Crippen molar-refractivity contribution in [1.29, 1.82) is 0 Å². The second kappa shape index (κ2) is 10.0. The summed E-state index contributed by atoms with van der Waals surface area (Å²) < 4.78 is 25.7. The molecule has 35 heavy (non-hydrogen) atoms. The highest BCUT2D eigenvalue weighted by atomic mass is 19.1. The van der Waals surface area contributed by atoms with Crippen molar-refractivity contribution in [2.45, 2.75) is 63.9 Å². The van der Waals surface area contributed by atoms with Gasteiger partial charge in [-0.15, -0.1) is 0 Å². The zero-order chi connectivity index (χ0) is 25.2. The average Bonchev–Trinajstić information content (AvgIpc) is 3.51. The first-order valence-electron chi connectivity index (χ1n) is 12.5. The molecule has 8 nitrogen and oxygen atoms in total. The highest BCUT2D eigenvalue weighted by Crippen LogP contribution is 2.54. The topological polar surface area (TPSA) is 102 Å². The van der Waals surface area contributed by atoms with Gasteiger partial charge in [0.1, 0.15) is 17.2 Å². The lowest BCUT2D eigenvalue weighted by molar-refractivity contribution is -0.118. The van der Waals surface area contributed by atoms with Crippen molar-refractivity contribution in [3.8, 4) is 5.75 Å². The van der Waals surface area contributed by atoms with Gasteiger partial charge in [-0.2, -0.15) is 0 Å². The van der Waals surface area contributed by atoms with E-state index < -0.39 is 17.6 Å². The van der Waals surface area contributed by atoms with Gasteiger partial charge in [-0.3, -0.25) is 9.59 Å². The van der Waals surface area contributed by atoms with Crippen molar-refractivity contribution < 1.29 is 28.2 Å². The Bertz CT molecular complexity index is 964. The SMILES string of the molecule is CN(CC(N)=O)C(=O)c1ccc(OCCCC2CC3(CCN(C(=O)OC4(C)CC4)CC3)C2)cc1F. The van der Waals surface area contributed by atoms with E-state index in [1.165, 1.54) is 32.0 Å². The summed E-state index contributed by atoms with van der Waals surface area (Å²) in [5.74, 6) is -0.911. The maximum atomic E-state index is 14.4. The van der Waals surface area contributed by atoms with E-state index in [2.05, 4.69) is 0 Å². The van der Waals surface area contributed by atoms with E-state index >= 15 is 0 Å². The zero-order valence-electron chi connectivity index (χ0n) is 20.7. The van der Waals surface area contributed by atoms with Gasteiger partial charge in [0.25, 0.3) is 5.91 Å². The van der Waals surface area contributed by atoms with Crippen molar-refractivity contribution in [1.82, 2.24) is 9.80 Å². The summed E-state index contributed by atoms with van der Waals surface area (Å²) in [4.78, 5) is 38.4. The van der Waals surface area contributed by atoms with Crippen LogP contribution < -0.4 is 10.5 Å². The second-order valence-electron chi connectivity index (χ2n) is 10.8. The third kappa shape index (κ3) is 6.24. The fraction of sp³-hybridized carbons (Fsp3) is 0.654. The molecule has 1 aromatic rings. The van der Waals surface area contributed by atoms with Crippen LogP contribution in [0.25, 0.3) is 0 Å². The van der Waals surface area contributed by atoms with Crippen molar-refractivity contribution in [3.63, 3.8) is 0 Å². The second-order valence-corrected chi connectivity index (χ2v) is 10.8. The molecule has 1 spiro atoms. The Hall–Kier alpha value is -2.84. The summed E-state index contributed by atoms with van der Waals surface area (Å²) in [6.07, 6.45) is 8.20. The number of likely N-dealkylation sites (N-methyl/N-ethyl adjacent to an activating group) is 1. The highest BCUT2D eigenvalue weighted by Gasteiger charge is 2.47. The normalized spacial score (nSPS) is 20.1. The Labute approximate surface area is 205 Å². The Morgan fingerprint density at radius 3 is 2.46 bits per heavy atom. The first-order chi connectivity index (χ1) is 16.6. The molecule has 3 fully saturated rings. The summed E-state index contributed by atoms with van der Waals surface area (Å²) in [6.45, 7) is 3.77. The fourth-order valence-corrected chi connectivity index (χ4v) is 5.33. The van der Waals surface area contributed by atoms with Crippen LogP contribution in [0.15, 0.2) is 18.2 Å². The number of hydrogen-bond donors (Lipinski definition) is 1. The van der Waals surface area contributed by atoms with Crippen LogP contribution in [0.5, 0.6) is 5.75 Å². The van der Waals surface area contributed by atoms with Crippen LogP contribution in [0.3, 0.4) is 0 Å². The van der Waals surface area contributed by atoms with Gasteiger partial charge in [-0.1, -0.05) is 0 Å². The van der Waals surface area contributed by atoms with Crippen molar-refractivity contribution in [2.75, 3.05) is 33.3 Å². The molecule has 0 atom stereocenters. The number of nitrogens with two attached hydrogens (primary N) is 1. The molecule has 2 aliphatic carbocycles. The molecule has 192 valence electrons. The van der Waals surface area contributed by atoms with E-state index in [0.29, 0.717) is 23.7 Å². The Morgan fingerprint density at radius 1 is 1.17 bits per heavy atom. The van der Waals surface area contributed by atoms with E-state index in [4.69, 9.17) is 15.2 Å². The minimum absolute atomic E-state index is 0.123. The molecule has 3 amide bonds. The molecule has 3 aliphatic rings. The third-order valence-corrected chi connectivity index (χ3v) is 7.75. The minimum atomic E-state index is -0.689. The lowest BCUT2D eigenvalue weighted by atomic mass is 9.56. The van der Waals surface area contributed by atoms with Crippen molar-refractivity contribution in [3.05, 3.63) is 29.6 Å². The molecule has 1 saturated heterocycles. The maximum absolute atomic E-state index is 14.4. The molecule has 0 unspecified atom stereocenters. The number of ether oxygens (including phenoxy) is 2. The van der Waals surface area contributed by atoms with E-state index in [0.717, 1.165) is 56.5 Å². The van der Waals surface area contributed by atoms with Gasteiger partial charge in [0.15, 0.2) is 0 Å². The molecular formula is C26H36FN3O5. The van der Waals surface area contributed by atoms with Gasteiger partial charge in [-0.25, -0.2) is 9.18 Å². The van der Waals surface area contributed by atoms with E-state index in [1.807, 2.05) is 11.8 Å². The average molecular weight is 490 g/mol. The molecule has 4 rings (SSSR count). The molecule has 0 aromatic heterocycles. The van der Waals surface area contributed by atoms with Gasteiger partial charge >= 0.3 is 6.09 Å². The molecule has 1 aliphatic heterocycles. The van der Waals surface area contributed by atoms with Gasteiger partial charge in [0.2, 0.25) is 5.91 Å². The largest absolute Gasteiger partial charge is 0.493 e. The van der Waals surface area contributed by atoms with Crippen LogP contribution in [0, 0.1) is 17.2 Å². The van der Waals surface area contributed by atoms with Crippen LogP contribution in [0.1, 0.15) is 68.6 Å². The lowest BCUT2D eigenvalue weighted by Crippen LogP contribution is -2.49. The number of benzene rings is 1.